The van der Waals surface area contributed by atoms with Gasteiger partial charge in [-0.2, -0.15) is 0 Å². The fraction of sp³-hybridized carbons (Fsp3) is 0.231. The molecule has 0 aliphatic heterocycles. The van der Waals surface area contributed by atoms with Crippen molar-refractivity contribution in [1.82, 2.24) is 9.97 Å². The molecule has 1 aromatic carbocycles. The molecule has 0 aliphatic rings. The second-order valence-corrected chi connectivity index (χ2v) is 4.83. The number of rotatable bonds is 3. The summed E-state index contributed by atoms with van der Waals surface area (Å²) in [6.45, 7) is 3.99. The lowest BCUT2D eigenvalue weighted by Crippen LogP contribution is -2.08. The zero-order valence-electron chi connectivity index (χ0n) is 9.81. The van der Waals surface area contributed by atoms with Crippen molar-refractivity contribution in [2.24, 2.45) is 0 Å². The number of benzene rings is 1. The predicted octanol–water partition coefficient (Wildman–Crippen LogP) is 3.72. The Labute approximate surface area is 109 Å². The minimum Gasteiger partial charge on any atom is -0.363 e. The summed E-state index contributed by atoms with van der Waals surface area (Å²) >= 11 is 3.47. The van der Waals surface area contributed by atoms with Crippen molar-refractivity contribution in [2.75, 3.05) is 5.32 Å². The largest absolute Gasteiger partial charge is 0.363 e. The van der Waals surface area contributed by atoms with Crippen LogP contribution < -0.4 is 5.32 Å². The average Bonchev–Trinajstić information content (AvgIpc) is 2.29. The number of anilines is 1. The number of nitrogens with one attached hydrogen (secondary N) is 1. The Bertz CT molecular complexity index is 514. The lowest BCUT2D eigenvalue weighted by Gasteiger charge is -2.15. The zero-order chi connectivity index (χ0) is 12.3. The minimum atomic E-state index is 0.210. The summed E-state index contributed by atoms with van der Waals surface area (Å²) in [5.74, 6) is 1.63. The molecule has 1 aromatic heterocycles. The third kappa shape index (κ3) is 3.27. The van der Waals surface area contributed by atoms with Crippen LogP contribution in [0, 0.1) is 6.92 Å². The minimum absolute atomic E-state index is 0.210. The smallest absolute Gasteiger partial charge is 0.130 e. The van der Waals surface area contributed by atoms with Crippen molar-refractivity contribution in [1.29, 1.82) is 0 Å². The Morgan fingerprint density at radius 3 is 2.82 bits per heavy atom. The van der Waals surface area contributed by atoms with E-state index >= 15 is 0 Å². The number of aryl methyl sites for hydroxylation is 1. The lowest BCUT2D eigenvalue weighted by molar-refractivity contribution is 0.866. The van der Waals surface area contributed by atoms with Crippen molar-refractivity contribution in [3.05, 3.63) is 52.4 Å². The van der Waals surface area contributed by atoms with E-state index in [-0.39, 0.29) is 6.04 Å². The van der Waals surface area contributed by atoms with Crippen molar-refractivity contribution in [2.45, 2.75) is 19.9 Å². The van der Waals surface area contributed by atoms with Gasteiger partial charge in [-0.25, -0.2) is 9.97 Å². The van der Waals surface area contributed by atoms with Gasteiger partial charge >= 0.3 is 0 Å². The molecule has 2 rings (SSSR count). The second kappa shape index (κ2) is 5.27. The average molecular weight is 292 g/mol. The molecule has 88 valence electrons. The number of hydrogen-bond acceptors (Lipinski definition) is 3. The van der Waals surface area contributed by atoms with E-state index in [9.17, 15) is 0 Å². The van der Waals surface area contributed by atoms with E-state index in [2.05, 4.69) is 50.3 Å². The Morgan fingerprint density at radius 1 is 1.29 bits per heavy atom. The molecule has 0 saturated heterocycles. The van der Waals surface area contributed by atoms with Crippen LogP contribution in [0.4, 0.5) is 5.82 Å². The van der Waals surface area contributed by atoms with Crippen molar-refractivity contribution >= 4 is 21.7 Å². The van der Waals surface area contributed by atoms with Crippen LogP contribution in [-0.4, -0.2) is 9.97 Å². The molecule has 2 aromatic rings. The van der Waals surface area contributed by atoms with E-state index in [1.165, 1.54) is 5.56 Å². The standard InChI is InChI=1S/C13H14BrN3/c1-9(11-4-3-5-12(14)8-11)16-13-6-7-15-10(2)17-13/h3-9H,1-2H3,(H,15,16,17). The van der Waals surface area contributed by atoms with E-state index in [1.54, 1.807) is 6.20 Å². The van der Waals surface area contributed by atoms with Gasteiger partial charge in [0.25, 0.3) is 0 Å². The normalized spacial score (nSPS) is 12.2. The van der Waals surface area contributed by atoms with Crippen LogP contribution in [-0.2, 0) is 0 Å². The first-order valence-corrected chi connectivity index (χ1v) is 6.26. The highest BCUT2D eigenvalue weighted by Gasteiger charge is 2.06. The van der Waals surface area contributed by atoms with Crippen LogP contribution in [0.15, 0.2) is 41.0 Å². The Hall–Kier alpha value is -1.42. The third-order valence-corrected chi connectivity index (χ3v) is 2.98. The summed E-state index contributed by atoms with van der Waals surface area (Å²) in [6.07, 6.45) is 1.76. The maximum atomic E-state index is 4.33. The van der Waals surface area contributed by atoms with Gasteiger partial charge in [0.05, 0.1) is 0 Å². The van der Waals surface area contributed by atoms with Crippen molar-refractivity contribution in [3.63, 3.8) is 0 Å². The molecule has 0 fully saturated rings. The predicted molar refractivity (Wildman–Crippen MR) is 72.9 cm³/mol. The maximum Gasteiger partial charge on any atom is 0.130 e. The Balaban J connectivity index is 2.14. The van der Waals surface area contributed by atoms with Crippen LogP contribution in [0.2, 0.25) is 0 Å². The monoisotopic (exact) mass is 291 g/mol. The van der Waals surface area contributed by atoms with E-state index in [1.807, 2.05) is 25.1 Å². The van der Waals surface area contributed by atoms with Crippen LogP contribution in [0.5, 0.6) is 0 Å². The molecule has 17 heavy (non-hydrogen) atoms. The Morgan fingerprint density at radius 2 is 2.12 bits per heavy atom. The number of nitrogens with zero attached hydrogens (tertiary/aromatic N) is 2. The topological polar surface area (TPSA) is 37.8 Å². The van der Waals surface area contributed by atoms with Crippen LogP contribution >= 0.6 is 15.9 Å². The van der Waals surface area contributed by atoms with Gasteiger partial charge in [-0.15, -0.1) is 0 Å². The quantitative estimate of drug-likeness (QED) is 0.937. The fourth-order valence-electron chi connectivity index (χ4n) is 1.62. The molecule has 1 unspecified atom stereocenters. The van der Waals surface area contributed by atoms with Gasteiger partial charge in [0.2, 0.25) is 0 Å². The molecule has 0 saturated carbocycles. The summed E-state index contributed by atoms with van der Waals surface area (Å²) in [5, 5.41) is 3.35. The molecule has 4 heteroatoms. The van der Waals surface area contributed by atoms with E-state index < -0.39 is 0 Å². The second-order valence-electron chi connectivity index (χ2n) is 3.91. The molecule has 1 atom stereocenters. The molecule has 0 aliphatic carbocycles. The van der Waals surface area contributed by atoms with Gasteiger partial charge in [-0.1, -0.05) is 28.1 Å². The molecule has 3 nitrogen and oxygen atoms in total. The van der Waals surface area contributed by atoms with Gasteiger partial charge in [0, 0.05) is 16.7 Å². The van der Waals surface area contributed by atoms with Crippen molar-refractivity contribution in [3.8, 4) is 0 Å². The van der Waals surface area contributed by atoms with Crippen LogP contribution in [0.25, 0.3) is 0 Å². The molecule has 0 amide bonds. The highest BCUT2D eigenvalue weighted by molar-refractivity contribution is 9.10. The number of hydrogen-bond donors (Lipinski definition) is 1. The van der Waals surface area contributed by atoms with E-state index in [0.717, 1.165) is 16.1 Å². The van der Waals surface area contributed by atoms with Gasteiger partial charge in [-0.05, 0) is 37.6 Å². The van der Waals surface area contributed by atoms with Crippen LogP contribution in [0.1, 0.15) is 24.4 Å². The summed E-state index contributed by atoms with van der Waals surface area (Å²) in [5.41, 5.74) is 1.22. The SMILES string of the molecule is Cc1nccc(NC(C)c2cccc(Br)c2)n1. The van der Waals surface area contributed by atoms with Crippen molar-refractivity contribution < 1.29 is 0 Å². The molecular weight excluding hydrogens is 278 g/mol. The van der Waals surface area contributed by atoms with Gasteiger partial charge in [0.15, 0.2) is 0 Å². The number of aromatic nitrogens is 2. The molecule has 0 bridgehead atoms. The summed E-state index contributed by atoms with van der Waals surface area (Å²) in [6, 6.07) is 10.3. The maximum absolute atomic E-state index is 4.33. The zero-order valence-corrected chi connectivity index (χ0v) is 11.4. The van der Waals surface area contributed by atoms with E-state index in [0.29, 0.717) is 0 Å². The van der Waals surface area contributed by atoms with E-state index in [4.69, 9.17) is 0 Å². The first kappa shape index (κ1) is 12.0. The highest BCUT2D eigenvalue weighted by atomic mass is 79.9. The third-order valence-electron chi connectivity index (χ3n) is 2.49. The first-order valence-electron chi connectivity index (χ1n) is 5.47. The number of halogens is 1. The molecule has 1 heterocycles. The molecule has 0 radical (unpaired) electrons. The summed E-state index contributed by atoms with van der Waals surface area (Å²) < 4.78 is 1.09. The lowest BCUT2D eigenvalue weighted by atomic mass is 10.1. The fourth-order valence-corrected chi connectivity index (χ4v) is 2.03. The Kier molecular flexibility index (Phi) is 3.74. The summed E-state index contributed by atoms with van der Waals surface area (Å²) in [7, 11) is 0. The molecular formula is C13H14BrN3. The van der Waals surface area contributed by atoms with Gasteiger partial charge in [0.1, 0.15) is 11.6 Å². The van der Waals surface area contributed by atoms with Gasteiger partial charge in [-0.3, -0.25) is 0 Å². The van der Waals surface area contributed by atoms with Gasteiger partial charge < -0.3 is 5.32 Å². The van der Waals surface area contributed by atoms with Crippen LogP contribution in [0.3, 0.4) is 0 Å². The highest BCUT2D eigenvalue weighted by Crippen LogP contribution is 2.20. The first-order chi connectivity index (χ1) is 8.15. The summed E-state index contributed by atoms with van der Waals surface area (Å²) in [4.78, 5) is 8.40. The molecule has 1 N–H and O–H groups in total. The molecule has 0 spiro atoms.